The van der Waals surface area contributed by atoms with Gasteiger partial charge in [-0.05, 0) is 137 Å². The first kappa shape index (κ1) is 102. The summed E-state index contributed by atoms with van der Waals surface area (Å²) in [5.74, 6) is 1.51. The van der Waals surface area contributed by atoms with E-state index >= 15 is 0 Å². The Kier molecular flexibility index (Phi) is 32.1. The molecule has 8 aliphatic heterocycles. The third kappa shape index (κ3) is 27.8. The van der Waals surface area contributed by atoms with Gasteiger partial charge in [-0.15, -0.1) is 0 Å². The number of carbonyl (C=O) groups is 2. The summed E-state index contributed by atoms with van der Waals surface area (Å²) in [6, 6.07) is 37.2. The number of ether oxygens (including phenoxy) is 10. The topological polar surface area (TPSA) is 390 Å². The van der Waals surface area contributed by atoms with Gasteiger partial charge in [-0.3, -0.25) is 18.9 Å². The molecule has 4 fully saturated rings. The quantitative estimate of drug-likeness (QED) is 0.0362. The number of pyridine rings is 6. The van der Waals surface area contributed by atoms with E-state index < -0.39 is 87.1 Å². The summed E-state index contributed by atoms with van der Waals surface area (Å²) in [5.41, 5.74) is 13.4. The van der Waals surface area contributed by atoms with E-state index in [1.54, 1.807) is 71.6 Å². The highest BCUT2D eigenvalue weighted by molar-refractivity contribution is 9.10. The van der Waals surface area contributed by atoms with Gasteiger partial charge in [0.25, 0.3) is 0 Å². The van der Waals surface area contributed by atoms with Crippen molar-refractivity contribution in [3.8, 4) is 34.5 Å². The molecule has 8 atom stereocenters. The van der Waals surface area contributed by atoms with Gasteiger partial charge in [-0.25, -0.2) is 52.1 Å². The Morgan fingerprint density at radius 1 is 0.481 bits per heavy atom. The Bertz CT molecular complexity index is 6410. The molecule has 0 saturated carbocycles. The minimum absolute atomic E-state index is 0.209. The number of carbonyl (C=O) groups excluding carboxylic acids is 2. The highest BCUT2D eigenvalue weighted by Gasteiger charge is 2.51. The van der Waals surface area contributed by atoms with Gasteiger partial charge in [0.2, 0.25) is 0 Å². The van der Waals surface area contributed by atoms with Gasteiger partial charge >= 0.3 is 24.2 Å². The number of rotatable bonds is 20. The van der Waals surface area contributed by atoms with Gasteiger partial charge in [0, 0.05) is 137 Å². The molecule has 2 amide bonds. The van der Waals surface area contributed by atoms with E-state index in [1.807, 2.05) is 123 Å². The Morgan fingerprint density at radius 3 is 1.30 bits per heavy atom. The van der Waals surface area contributed by atoms with E-state index in [4.69, 9.17) is 97.1 Å². The summed E-state index contributed by atoms with van der Waals surface area (Å²) in [6.07, 6.45) is 5.22. The average Bonchev–Trinajstić information content (AvgIpc) is 1.62. The molecule has 16 heterocycles. The monoisotopic (exact) mass is 2070 g/mol. The molecule has 4 saturated heterocycles. The van der Waals surface area contributed by atoms with E-state index in [-0.39, 0.29) is 63.8 Å². The predicted octanol–water partition coefficient (Wildman–Crippen LogP) is 16.7. The molecule has 8 aromatic heterocycles. The van der Waals surface area contributed by atoms with Crippen LogP contribution in [0.5, 0.6) is 12.0 Å². The first-order valence-electron chi connectivity index (χ1n) is 44.3. The highest BCUT2D eigenvalue weighted by Crippen LogP contribution is 2.40. The van der Waals surface area contributed by atoms with Crippen LogP contribution in [0.25, 0.3) is 44.8 Å². The van der Waals surface area contributed by atoms with Crippen LogP contribution in [0.15, 0.2) is 127 Å². The van der Waals surface area contributed by atoms with Crippen molar-refractivity contribution in [1.29, 1.82) is 0 Å². The lowest BCUT2D eigenvalue weighted by Crippen LogP contribution is -2.35. The number of fused-ring (bicyclic) bond motifs is 8. The lowest BCUT2D eigenvalue weighted by atomic mass is 10.1. The number of hydrogen-bond acceptors (Lipinski definition) is 30. The molecule has 0 spiro atoms. The summed E-state index contributed by atoms with van der Waals surface area (Å²) in [7, 11) is -9.16. The molecule has 135 heavy (non-hydrogen) atoms. The summed E-state index contributed by atoms with van der Waals surface area (Å²) < 4.78 is 111. The number of nitrogens with zero attached hydrogens (tertiary/aromatic N) is 16. The largest absolute Gasteiger partial charge is 0.456 e. The van der Waals surface area contributed by atoms with Crippen LogP contribution in [-0.4, -0.2) is 247 Å². The molecule has 2 aromatic carbocycles. The number of nitrogens with one attached hydrogen (secondary N) is 1. The summed E-state index contributed by atoms with van der Waals surface area (Å²) in [5, 5.41) is 24.9. The highest BCUT2D eigenvalue weighted by atomic mass is 79.9. The molecule has 0 aliphatic carbocycles. The van der Waals surface area contributed by atoms with Gasteiger partial charge in [0.15, 0.2) is 41.0 Å². The van der Waals surface area contributed by atoms with Gasteiger partial charge in [0.05, 0.1) is 103 Å². The maximum Gasteiger partial charge on any atom is 0.410 e. The number of aliphatic hydroxyl groups is 2. The van der Waals surface area contributed by atoms with Crippen molar-refractivity contribution in [2.24, 2.45) is 13.1 Å². The second-order valence-corrected chi connectivity index (χ2v) is 60.4. The Balaban J connectivity index is 0.000000146. The number of hydrogen-bond donors (Lipinski definition) is 3. The molecule has 43 heteroatoms. The SMILES string of the molecule is CC(C)(C)OC(=O)N1Cc2ccc(Cl)nc2C1.CC(C)(C)OC(=O)N1Cc2ccc(N=S(C)(C)=O)nc2C1.CS(C)(=O)=Nc1ccc2c(n1)CNC2.C[Si](C)(C)CCOCn1c(O[C@@H]2CO[C@H]3[C@@H]2OC[C@H]3O)nc2cc(Cl)c(-c3ccc(Br)cc3)nc21.C[Si](C)(C)CCOCn1c(O[C@@H]2CO[C@H]3[C@@H]2OC[C@H]3O)nc2cc(Cl)c(-c3ccc(N4Cc5ccc(N=S(C)(C)=O)nc5C4)cc3)nc21. The molecule has 0 bridgehead atoms. The lowest BCUT2D eigenvalue weighted by Gasteiger charge is -2.23. The predicted molar refractivity (Wildman–Crippen MR) is 531 cm³/mol. The first-order chi connectivity index (χ1) is 63.4. The Labute approximate surface area is 814 Å². The zero-order valence-corrected chi connectivity index (χ0v) is 87.5. The summed E-state index contributed by atoms with van der Waals surface area (Å²) >= 11 is 22.7. The molecular weight excluding hydrogens is 1950 g/mol. The van der Waals surface area contributed by atoms with Crippen LogP contribution < -0.4 is 19.7 Å². The number of aromatic nitrogens is 10. The van der Waals surface area contributed by atoms with E-state index in [1.165, 1.54) is 5.56 Å². The van der Waals surface area contributed by atoms with Gasteiger partial charge in [-0.2, -0.15) is 23.1 Å². The molecule has 728 valence electrons. The Hall–Kier alpha value is -8.51. The van der Waals surface area contributed by atoms with Gasteiger partial charge < -0.3 is 67.8 Å². The van der Waals surface area contributed by atoms with Gasteiger partial charge in [0.1, 0.15) is 77.5 Å². The van der Waals surface area contributed by atoms with Crippen molar-refractivity contribution in [3.63, 3.8) is 0 Å². The maximum atomic E-state index is 12.2. The average molecular weight is 2070 g/mol. The van der Waals surface area contributed by atoms with Crippen LogP contribution in [0.4, 0.5) is 32.7 Å². The number of imidazole rings is 2. The van der Waals surface area contributed by atoms with Crippen LogP contribution in [-0.2, 0) is 133 Å². The minimum Gasteiger partial charge on any atom is -0.456 e. The van der Waals surface area contributed by atoms with Crippen molar-refractivity contribution in [1.82, 2.24) is 64.1 Å². The van der Waals surface area contributed by atoms with E-state index in [9.17, 15) is 32.4 Å². The van der Waals surface area contributed by atoms with Crippen molar-refractivity contribution in [2.45, 2.75) is 219 Å². The second kappa shape index (κ2) is 42.3. The third-order valence-electron chi connectivity index (χ3n) is 22.0. The summed E-state index contributed by atoms with van der Waals surface area (Å²) in [4.78, 5) is 66.2. The van der Waals surface area contributed by atoms with Crippen LogP contribution in [0, 0.1) is 0 Å². The van der Waals surface area contributed by atoms with Crippen LogP contribution in [0.2, 0.25) is 66.6 Å². The second-order valence-electron chi connectivity index (χ2n) is 39.4. The van der Waals surface area contributed by atoms with E-state index in [0.717, 1.165) is 92.5 Å². The summed E-state index contributed by atoms with van der Waals surface area (Å²) in [6.45, 7) is 32.6. The first-order valence-corrected chi connectivity index (χ1v) is 60.6. The molecule has 34 nitrogen and oxygen atoms in total. The van der Waals surface area contributed by atoms with E-state index in [2.05, 4.69) is 116 Å². The standard InChI is InChI=1S/C33H41ClN6O6SSi.C24H29BrClN3O5Si.C14H21N3O3S.C12H15ClN2O2.C9H13N3OS/c1-47(2,42)38-28-11-8-21-15-39(16-25(21)35-28)22-9-6-20(7-10-22)29-23(34)14-24-32(37-29)40(19-43-12-13-48(3,4)5)33(36-24)46-27-18-45-30-26(41)17-44-31(27)30;1-35(2,3)9-8-31-13-29-23-17(10-16(26)20(28-23)14-4-6-15(25)7-5-14)27-24(29)34-19-12-33-21-18(30)11-32-22(19)21;1-14(2,3)20-13(18)17-8-10-6-7-12(15-11(10)9-17)16-21(4,5)19;1-12(2,3)17-11(16)15-6-8-4-5-10(13)14-9(8)7-15;1-14(2,13)12-9-4-3-7-5-10-6-8(7)11-9/h6-11,14,26-27,30-31,41H,12-13,15-19H2,1-5H3;4-7,10,18-19,21-22,30H,8-9,11-13H2,1-3H3;6-7H,8-9H2,1-5H3;4-5H,6-7H2,1-3H3;3-4,10H,5-6H2,1-2H3/t26-,27-,30-,31-;18-,19-,21-,22-;;;/m11.../s1. The number of aliphatic hydroxyl groups excluding tert-OH is 2. The fourth-order valence-corrected chi connectivity index (χ4v) is 19.6. The zero-order valence-electron chi connectivity index (χ0n) is 79.1. The molecule has 10 aromatic rings. The van der Waals surface area contributed by atoms with Crippen molar-refractivity contribution >= 4 is 154 Å². The molecule has 0 unspecified atom stereocenters. The van der Waals surface area contributed by atoms with Gasteiger partial charge in [-0.1, -0.05) is 139 Å². The molecule has 0 radical (unpaired) electrons. The number of anilines is 1. The van der Waals surface area contributed by atoms with Crippen molar-refractivity contribution < 1.29 is 79.8 Å². The van der Waals surface area contributed by atoms with Crippen molar-refractivity contribution in [3.05, 3.63) is 174 Å². The minimum atomic E-state index is -2.29. The molecular formula is C92H119BrCl3N17O17S3Si2. The molecule has 8 aliphatic rings. The van der Waals surface area contributed by atoms with Crippen LogP contribution >= 0.6 is 50.7 Å². The fraction of sp³-hybridized carbons (Fsp3) is 0.500. The lowest BCUT2D eigenvalue weighted by molar-refractivity contribution is 0.00332. The normalized spacial score (nSPS) is 20.0. The van der Waals surface area contributed by atoms with Crippen LogP contribution in [0.3, 0.4) is 0 Å². The van der Waals surface area contributed by atoms with Crippen LogP contribution in [0.1, 0.15) is 86.6 Å². The molecule has 18 rings (SSSR count). The molecule has 3 N–H and O–H groups in total. The number of benzene rings is 2. The Morgan fingerprint density at radius 2 is 0.874 bits per heavy atom. The maximum absolute atomic E-state index is 12.2. The van der Waals surface area contributed by atoms with E-state index in [0.29, 0.717) is 131 Å². The number of halogens is 4. The third-order valence-corrected chi connectivity index (χ3v) is 28.6. The number of amides is 2. The zero-order chi connectivity index (χ0) is 97.2. The fourth-order valence-electron chi connectivity index (χ4n) is 15.5. The smallest absolute Gasteiger partial charge is 0.410 e. The van der Waals surface area contributed by atoms with Crippen molar-refractivity contribution in [2.75, 3.05) is 82.1 Å².